The monoisotopic (exact) mass is 258 g/mol. The molecule has 0 amide bonds. The SMILES string of the molecule is COC(C)(C)CNCc1ccc2nc(C)ccc2c1. The van der Waals surface area contributed by atoms with Crippen LogP contribution < -0.4 is 5.32 Å². The van der Waals surface area contributed by atoms with Crippen molar-refractivity contribution < 1.29 is 4.74 Å². The molecule has 1 aromatic carbocycles. The van der Waals surface area contributed by atoms with Crippen LogP contribution in [0, 0.1) is 6.92 Å². The summed E-state index contributed by atoms with van der Waals surface area (Å²) in [6.45, 7) is 7.84. The molecule has 102 valence electrons. The highest BCUT2D eigenvalue weighted by molar-refractivity contribution is 5.79. The fourth-order valence-electron chi connectivity index (χ4n) is 1.97. The van der Waals surface area contributed by atoms with Gasteiger partial charge in [-0.3, -0.25) is 4.98 Å². The lowest BCUT2D eigenvalue weighted by Gasteiger charge is -2.23. The minimum atomic E-state index is -0.129. The first-order valence-corrected chi connectivity index (χ1v) is 6.62. The molecule has 3 heteroatoms. The number of methoxy groups -OCH3 is 1. The molecular weight excluding hydrogens is 236 g/mol. The summed E-state index contributed by atoms with van der Waals surface area (Å²) in [4.78, 5) is 4.51. The second-order valence-electron chi connectivity index (χ2n) is 5.55. The largest absolute Gasteiger partial charge is 0.377 e. The highest BCUT2D eigenvalue weighted by Gasteiger charge is 2.14. The van der Waals surface area contributed by atoms with Crippen molar-refractivity contribution in [2.24, 2.45) is 0 Å². The number of nitrogens with one attached hydrogen (secondary N) is 1. The van der Waals surface area contributed by atoms with E-state index in [-0.39, 0.29) is 5.60 Å². The van der Waals surface area contributed by atoms with Crippen LogP contribution in [0.25, 0.3) is 10.9 Å². The Hall–Kier alpha value is -1.45. The van der Waals surface area contributed by atoms with Gasteiger partial charge in [-0.25, -0.2) is 0 Å². The molecule has 1 N–H and O–H groups in total. The standard InChI is InChI=1S/C16H22N2O/c1-12-5-7-14-9-13(6-8-15(14)18-12)10-17-11-16(2,3)19-4/h5-9,17H,10-11H2,1-4H3. The second kappa shape index (κ2) is 5.68. The summed E-state index contributed by atoms with van der Waals surface area (Å²) in [5.41, 5.74) is 3.25. The molecule has 0 aliphatic rings. The van der Waals surface area contributed by atoms with Crippen LogP contribution in [0.2, 0.25) is 0 Å². The van der Waals surface area contributed by atoms with E-state index in [1.54, 1.807) is 7.11 Å². The molecule has 0 aliphatic carbocycles. The number of fused-ring (bicyclic) bond motifs is 1. The van der Waals surface area contributed by atoms with Gasteiger partial charge in [-0.2, -0.15) is 0 Å². The minimum absolute atomic E-state index is 0.129. The van der Waals surface area contributed by atoms with Gasteiger partial charge in [0.1, 0.15) is 0 Å². The highest BCUT2D eigenvalue weighted by atomic mass is 16.5. The Bertz CT molecular complexity index is 564. The molecule has 0 fully saturated rings. The fraction of sp³-hybridized carbons (Fsp3) is 0.438. The predicted octanol–water partition coefficient (Wildman–Crippen LogP) is 3.06. The molecular formula is C16H22N2O. The van der Waals surface area contributed by atoms with E-state index in [2.05, 4.69) is 48.4 Å². The number of aromatic nitrogens is 1. The highest BCUT2D eigenvalue weighted by Crippen LogP contribution is 2.15. The minimum Gasteiger partial charge on any atom is -0.377 e. The van der Waals surface area contributed by atoms with Gasteiger partial charge >= 0.3 is 0 Å². The Morgan fingerprint density at radius 1 is 1.21 bits per heavy atom. The number of rotatable bonds is 5. The smallest absolute Gasteiger partial charge is 0.0746 e. The topological polar surface area (TPSA) is 34.1 Å². The number of hydrogen-bond acceptors (Lipinski definition) is 3. The summed E-state index contributed by atoms with van der Waals surface area (Å²) >= 11 is 0. The molecule has 19 heavy (non-hydrogen) atoms. The first kappa shape index (κ1) is 14.0. The third kappa shape index (κ3) is 3.75. The van der Waals surface area contributed by atoms with Gasteiger partial charge in [0, 0.05) is 31.3 Å². The summed E-state index contributed by atoms with van der Waals surface area (Å²) in [7, 11) is 1.74. The normalized spacial score (nSPS) is 12.0. The van der Waals surface area contributed by atoms with Crippen molar-refractivity contribution in [3.8, 4) is 0 Å². The van der Waals surface area contributed by atoms with Crippen molar-refractivity contribution in [3.63, 3.8) is 0 Å². The van der Waals surface area contributed by atoms with Gasteiger partial charge in [0.2, 0.25) is 0 Å². The zero-order valence-corrected chi connectivity index (χ0v) is 12.2. The predicted molar refractivity (Wildman–Crippen MR) is 79.3 cm³/mol. The van der Waals surface area contributed by atoms with Crippen LogP contribution >= 0.6 is 0 Å². The Labute approximate surface area is 115 Å². The van der Waals surface area contributed by atoms with Crippen LogP contribution in [0.4, 0.5) is 0 Å². The van der Waals surface area contributed by atoms with E-state index in [0.29, 0.717) is 0 Å². The first-order chi connectivity index (χ1) is 9.00. The molecule has 2 rings (SSSR count). The molecule has 3 nitrogen and oxygen atoms in total. The zero-order chi connectivity index (χ0) is 13.9. The maximum atomic E-state index is 5.39. The molecule has 0 unspecified atom stereocenters. The maximum absolute atomic E-state index is 5.39. The van der Waals surface area contributed by atoms with E-state index in [4.69, 9.17) is 4.74 Å². The lowest BCUT2D eigenvalue weighted by Crippen LogP contribution is -2.36. The molecule has 0 aliphatic heterocycles. The van der Waals surface area contributed by atoms with Gasteiger partial charge in [0.15, 0.2) is 0 Å². The molecule has 0 spiro atoms. The van der Waals surface area contributed by atoms with Gasteiger partial charge in [-0.05, 0) is 44.5 Å². The van der Waals surface area contributed by atoms with Crippen LogP contribution in [0.15, 0.2) is 30.3 Å². The molecule has 1 aromatic heterocycles. The third-order valence-electron chi connectivity index (χ3n) is 3.33. The van der Waals surface area contributed by atoms with E-state index in [9.17, 15) is 0 Å². The number of benzene rings is 1. The van der Waals surface area contributed by atoms with Crippen molar-refractivity contribution in [1.29, 1.82) is 0 Å². The number of pyridine rings is 1. The summed E-state index contributed by atoms with van der Waals surface area (Å²) in [5.74, 6) is 0. The Kier molecular flexibility index (Phi) is 4.17. The van der Waals surface area contributed by atoms with Crippen LogP contribution in [-0.2, 0) is 11.3 Å². The van der Waals surface area contributed by atoms with Crippen molar-refractivity contribution >= 4 is 10.9 Å². The van der Waals surface area contributed by atoms with Crippen molar-refractivity contribution in [3.05, 3.63) is 41.6 Å². The molecule has 1 heterocycles. The Balaban J connectivity index is 2.04. The van der Waals surface area contributed by atoms with E-state index in [1.165, 1.54) is 10.9 Å². The first-order valence-electron chi connectivity index (χ1n) is 6.62. The van der Waals surface area contributed by atoms with Crippen LogP contribution in [0.5, 0.6) is 0 Å². The molecule has 2 aromatic rings. The quantitative estimate of drug-likeness (QED) is 0.895. The molecule has 0 bridgehead atoms. The summed E-state index contributed by atoms with van der Waals surface area (Å²) in [6.07, 6.45) is 0. The second-order valence-corrected chi connectivity index (χ2v) is 5.55. The fourth-order valence-corrected chi connectivity index (χ4v) is 1.97. The summed E-state index contributed by atoms with van der Waals surface area (Å²) < 4.78 is 5.39. The lowest BCUT2D eigenvalue weighted by atomic mass is 10.1. The molecule has 0 radical (unpaired) electrons. The van der Waals surface area contributed by atoms with E-state index in [0.717, 1.165) is 24.3 Å². The van der Waals surface area contributed by atoms with Crippen LogP contribution in [-0.4, -0.2) is 24.2 Å². The van der Waals surface area contributed by atoms with Gasteiger partial charge in [0.25, 0.3) is 0 Å². The van der Waals surface area contributed by atoms with Crippen LogP contribution in [0.3, 0.4) is 0 Å². The van der Waals surface area contributed by atoms with Crippen molar-refractivity contribution in [1.82, 2.24) is 10.3 Å². The average Bonchev–Trinajstić information content (AvgIpc) is 2.39. The van der Waals surface area contributed by atoms with Crippen molar-refractivity contribution in [2.45, 2.75) is 32.9 Å². The van der Waals surface area contributed by atoms with Gasteiger partial charge in [0.05, 0.1) is 11.1 Å². The van der Waals surface area contributed by atoms with E-state index < -0.39 is 0 Å². The van der Waals surface area contributed by atoms with E-state index in [1.807, 2.05) is 13.0 Å². The summed E-state index contributed by atoms with van der Waals surface area (Å²) in [5, 5.41) is 4.61. The number of aryl methyl sites for hydroxylation is 1. The molecule has 0 atom stereocenters. The van der Waals surface area contributed by atoms with Gasteiger partial charge in [-0.1, -0.05) is 12.1 Å². The Morgan fingerprint density at radius 3 is 2.74 bits per heavy atom. The third-order valence-corrected chi connectivity index (χ3v) is 3.33. The average molecular weight is 258 g/mol. The molecule has 0 saturated heterocycles. The number of nitrogens with zero attached hydrogens (tertiary/aromatic N) is 1. The summed E-state index contributed by atoms with van der Waals surface area (Å²) in [6, 6.07) is 10.6. The van der Waals surface area contributed by atoms with Crippen molar-refractivity contribution in [2.75, 3.05) is 13.7 Å². The van der Waals surface area contributed by atoms with Gasteiger partial charge < -0.3 is 10.1 Å². The lowest BCUT2D eigenvalue weighted by molar-refractivity contribution is 0.0231. The van der Waals surface area contributed by atoms with E-state index >= 15 is 0 Å². The van der Waals surface area contributed by atoms with Gasteiger partial charge in [-0.15, -0.1) is 0 Å². The Morgan fingerprint density at radius 2 is 2.00 bits per heavy atom. The number of ether oxygens (including phenoxy) is 1. The molecule has 0 saturated carbocycles. The zero-order valence-electron chi connectivity index (χ0n) is 12.2. The van der Waals surface area contributed by atoms with Crippen LogP contribution in [0.1, 0.15) is 25.1 Å². The maximum Gasteiger partial charge on any atom is 0.0746 e. The number of hydrogen-bond donors (Lipinski definition) is 1.